The van der Waals surface area contributed by atoms with Crippen molar-refractivity contribution < 1.29 is 19.4 Å². The summed E-state index contributed by atoms with van der Waals surface area (Å²) < 4.78 is 5.87. The third-order valence-corrected chi connectivity index (χ3v) is 6.95. The van der Waals surface area contributed by atoms with Gasteiger partial charge in [-0.25, -0.2) is 4.79 Å². The highest BCUT2D eigenvalue weighted by molar-refractivity contribution is 7.13. The van der Waals surface area contributed by atoms with Gasteiger partial charge in [-0.3, -0.25) is 4.79 Å². The SMILES string of the molecule is CCCCCC(=O)c1ccc(N2CCC(Cl)[C@@H]2COCc2ccc(C(=O)O)s2)cc1. The number of ether oxygens (including phenoxy) is 1. The Morgan fingerprint density at radius 2 is 1.97 bits per heavy atom. The number of anilines is 1. The monoisotopic (exact) mass is 449 g/mol. The number of aromatic carboxylic acids is 1. The number of benzene rings is 1. The van der Waals surface area contributed by atoms with Crippen molar-refractivity contribution in [1.29, 1.82) is 0 Å². The zero-order chi connectivity index (χ0) is 21.5. The number of alkyl halides is 1. The zero-order valence-electron chi connectivity index (χ0n) is 17.2. The van der Waals surface area contributed by atoms with E-state index in [0.29, 0.717) is 24.5 Å². The molecule has 1 aliphatic rings. The number of carbonyl (C=O) groups is 2. The smallest absolute Gasteiger partial charge is 0.345 e. The van der Waals surface area contributed by atoms with E-state index in [2.05, 4.69) is 11.8 Å². The molecule has 1 fully saturated rings. The summed E-state index contributed by atoms with van der Waals surface area (Å²) >= 11 is 7.78. The molecule has 2 aromatic rings. The molecule has 0 aliphatic carbocycles. The standard InChI is InChI=1S/C23H28ClNO4S/c1-2-3-4-5-21(26)16-6-8-17(9-7-16)25-13-12-19(24)20(25)15-29-14-18-10-11-22(30-18)23(27)28/h6-11,19-20H,2-5,12-15H2,1H3,(H,27,28)/t19?,20-/m0/s1. The van der Waals surface area contributed by atoms with Crippen molar-refractivity contribution in [3.05, 3.63) is 51.7 Å². The Morgan fingerprint density at radius 3 is 2.63 bits per heavy atom. The summed E-state index contributed by atoms with van der Waals surface area (Å²) in [6, 6.07) is 11.2. The third-order valence-electron chi connectivity index (χ3n) is 5.40. The minimum Gasteiger partial charge on any atom is -0.477 e. The Morgan fingerprint density at radius 1 is 1.20 bits per heavy atom. The predicted molar refractivity (Wildman–Crippen MR) is 121 cm³/mol. The molecule has 2 atom stereocenters. The lowest BCUT2D eigenvalue weighted by molar-refractivity contribution is 0.0702. The Kier molecular flexibility index (Phi) is 8.31. The second kappa shape index (κ2) is 10.9. The van der Waals surface area contributed by atoms with Gasteiger partial charge in [-0.15, -0.1) is 22.9 Å². The summed E-state index contributed by atoms with van der Waals surface area (Å²) in [5.74, 6) is -0.718. The van der Waals surface area contributed by atoms with Gasteiger partial charge in [0.05, 0.1) is 24.6 Å². The van der Waals surface area contributed by atoms with Crippen LogP contribution in [-0.2, 0) is 11.3 Å². The van der Waals surface area contributed by atoms with Crippen LogP contribution in [0.4, 0.5) is 5.69 Å². The normalized spacial score (nSPS) is 18.7. The molecule has 3 rings (SSSR count). The summed E-state index contributed by atoms with van der Waals surface area (Å²) in [7, 11) is 0. The summed E-state index contributed by atoms with van der Waals surface area (Å²) in [5.41, 5.74) is 1.80. The second-order valence-electron chi connectivity index (χ2n) is 7.58. The lowest BCUT2D eigenvalue weighted by Gasteiger charge is -2.28. The lowest BCUT2D eigenvalue weighted by Crippen LogP contribution is -2.37. The van der Waals surface area contributed by atoms with Crippen molar-refractivity contribution in [2.45, 2.75) is 57.1 Å². The highest BCUT2D eigenvalue weighted by Crippen LogP contribution is 2.30. The van der Waals surface area contributed by atoms with Gasteiger partial charge in [0.2, 0.25) is 0 Å². The van der Waals surface area contributed by atoms with Gasteiger partial charge in [0, 0.05) is 29.1 Å². The quantitative estimate of drug-likeness (QED) is 0.274. The maximum atomic E-state index is 12.3. The number of carbonyl (C=O) groups excluding carboxylic acids is 1. The van der Waals surface area contributed by atoms with Crippen molar-refractivity contribution >= 4 is 40.4 Å². The third kappa shape index (κ3) is 5.84. The first-order valence-corrected chi connectivity index (χ1v) is 11.7. The molecular formula is C23H28ClNO4S. The van der Waals surface area contributed by atoms with E-state index >= 15 is 0 Å². The van der Waals surface area contributed by atoms with E-state index in [0.717, 1.165) is 48.4 Å². The van der Waals surface area contributed by atoms with Crippen LogP contribution in [-0.4, -0.2) is 41.4 Å². The summed E-state index contributed by atoms with van der Waals surface area (Å²) in [6.45, 7) is 3.81. The van der Waals surface area contributed by atoms with Crippen LogP contribution in [0.3, 0.4) is 0 Å². The highest BCUT2D eigenvalue weighted by atomic mass is 35.5. The van der Waals surface area contributed by atoms with Gasteiger partial charge in [-0.1, -0.05) is 19.8 Å². The molecule has 1 unspecified atom stereocenters. The molecule has 1 aromatic carbocycles. The van der Waals surface area contributed by atoms with Crippen LogP contribution >= 0.6 is 22.9 Å². The minimum atomic E-state index is -0.915. The molecule has 0 amide bonds. The molecule has 0 spiro atoms. The summed E-state index contributed by atoms with van der Waals surface area (Å²) in [5, 5.41) is 9.01. The van der Waals surface area contributed by atoms with Crippen molar-refractivity contribution in [3.63, 3.8) is 0 Å². The average Bonchev–Trinajstić information content (AvgIpc) is 3.36. The maximum absolute atomic E-state index is 12.3. The van der Waals surface area contributed by atoms with Crippen LogP contribution in [0.1, 0.15) is 63.9 Å². The Labute approximate surface area is 186 Å². The number of unbranched alkanes of at least 4 members (excludes halogenated alkanes) is 2. The molecular weight excluding hydrogens is 422 g/mol. The molecule has 5 nitrogen and oxygen atoms in total. The number of carboxylic acids is 1. The first kappa shape index (κ1) is 22.8. The van der Waals surface area contributed by atoms with Crippen LogP contribution in [0.5, 0.6) is 0 Å². The molecule has 1 aromatic heterocycles. The predicted octanol–water partition coefficient (Wildman–Crippen LogP) is 5.61. The van der Waals surface area contributed by atoms with E-state index in [-0.39, 0.29) is 17.2 Å². The number of nitrogens with zero attached hydrogens (tertiary/aromatic N) is 1. The maximum Gasteiger partial charge on any atom is 0.345 e. The van der Waals surface area contributed by atoms with Crippen LogP contribution < -0.4 is 4.90 Å². The lowest BCUT2D eigenvalue weighted by atomic mass is 10.0. The summed E-state index contributed by atoms with van der Waals surface area (Å²) in [6.07, 6.45) is 4.60. The molecule has 2 heterocycles. The van der Waals surface area contributed by atoms with Crippen LogP contribution in [0.15, 0.2) is 36.4 Å². The number of rotatable bonds is 11. The van der Waals surface area contributed by atoms with Gasteiger partial charge in [0.25, 0.3) is 0 Å². The fourth-order valence-corrected chi connectivity index (χ4v) is 4.79. The average molecular weight is 450 g/mol. The number of ketones is 1. The second-order valence-corrected chi connectivity index (χ2v) is 9.31. The fraction of sp³-hybridized carbons (Fsp3) is 0.478. The van der Waals surface area contributed by atoms with E-state index in [1.165, 1.54) is 11.3 Å². The first-order chi connectivity index (χ1) is 14.5. The van der Waals surface area contributed by atoms with Crippen molar-refractivity contribution in [2.75, 3.05) is 18.1 Å². The van der Waals surface area contributed by atoms with Gasteiger partial charge in [0.15, 0.2) is 5.78 Å². The molecule has 1 saturated heterocycles. The number of halogens is 1. The van der Waals surface area contributed by atoms with Gasteiger partial charge >= 0.3 is 5.97 Å². The van der Waals surface area contributed by atoms with Gasteiger partial charge in [-0.2, -0.15) is 0 Å². The fourth-order valence-electron chi connectivity index (χ4n) is 3.70. The number of hydrogen-bond donors (Lipinski definition) is 1. The summed E-state index contributed by atoms with van der Waals surface area (Å²) in [4.78, 5) is 26.7. The van der Waals surface area contributed by atoms with E-state index in [9.17, 15) is 9.59 Å². The molecule has 1 aliphatic heterocycles. The number of hydrogen-bond acceptors (Lipinski definition) is 5. The number of Topliss-reactive ketones (excluding diaryl/α,β-unsaturated/α-hetero) is 1. The zero-order valence-corrected chi connectivity index (χ0v) is 18.8. The number of thiophene rings is 1. The van der Waals surface area contributed by atoms with E-state index in [1.54, 1.807) is 12.1 Å². The largest absolute Gasteiger partial charge is 0.477 e. The molecule has 1 N–H and O–H groups in total. The van der Waals surface area contributed by atoms with E-state index in [4.69, 9.17) is 21.4 Å². The van der Waals surface area contributed by atoms with Crippen LogP contribution in [0, 0.1) is 0 Å². The minimum absolute atomic E-state index is 0.0155. The molecule has 0 bridgehead atoms. The van der Waals surface area contributed by atoms with E-state index in [1.807, 2.05) is 24.3 Å². The Balaban J connectivity index is 1.56. The molecule has 162 valence electrons. The first-order valence-electron chi connectivity index (χ1n) is 10.4. The Hall–Kier alpha value is -1.89. The van der Waals surface area contributed by atoms with Gasteiger partial charge in [0.1, 0.15) is 4.88 Å². The highest BCUT2D eigenvalue weighted by Gasteiger charge is 2.33. The molecule has 30 heavy (non-hydrogen) atoms. The van der Waals surface area contributed by atoms with E-state index < -0.39 is 5.97 Å². The van der Waals surface area contributed by atoms with Crippen LogP contribution in [0.2, 0.25) is 0 Å². The van der Waals surface area contributed by atoms with Crippen LogP contribution in [0.25, 0.3) is 0 Å². The van der Waals surface area contributed by atoms with Gasteiger partial charge < -0.3 is 14.7 Å². The van der Waals surface area contributed by atoms with Gasteiger partial charge in [-0.05, 0) is 49.2 Å². The topological polar surface area (TPSA) is 66.8 Å². The van der Waals surface area contributed by atoms with Crippen molar-refractivity contribution in [2.24, 2.45) is 0 Å². The molecule has 0 radical (unpaired) electrons. The number of carboxylic acid groups (broad SMARTS) is 1. The van der Waals surface area contributed by atoms with Crippen molar-refractivity contribution in [1.82, 2.24) is 0 Å². The molecule has 7 heteroatoms. The van der Waals surface area contributed by atoms with Crippen molar-refractivity contribution in [3.8, 4) is 0 Å². The Bertz CT molecular complexity index is 851. The molecule has 0 saturated carbocycles.